The maximum atomic E-state index is 5.49. The van der Waals surface area contributed by atoms with Gasteiger partial charge in [0.1, 0.15) is 11.5 Å². The van der Waals surface area contributed by atoms with Crippen LogP contribution in [0.4, 0.5) is 0 Å². The molecule has 0 spiro atoms. The van der Waals surface area contributed by atoms with Crippen molar-refractivity contribution in [3.63, 3.8) is 0 Å². The van der Waals surface area contributed by atoms with Crippen LogP contribution in [-0.4, -0.2) is 21.7 Å². The number of ether oxygens (including phenoxy) is 1. The molecule has 17 heavy (non-hydrogen) atoms. The molecule has 3 aromatic heterocycles. The monoisotopic (exact) mass is 229 g/mol. The molecule has 0 atom stereocenters. The van der Waals surface area contributed by atoms with Gasteiger partial charge in [-0.2, -0.15) is 0 Å². The summed E-state index contributed by atoms with van der Waals surface area (Å²) in [6.45, 7) is 1.89. The van der Waals surface area contributed by atoms with Crippen molar-refractivity contribution >= 4 is 5.65 Å². The lowest BCUT2D eigenvalue weighted by atomic mass is 10.4. The molecule has 0 aliphatic rings. The van der Waals surface area contributed by atoms with Gasteiger partial charge in [0.25, 0.3) is 0 Å². The highest BCUT2D eigenvalue weighted by Gasteiger charge is 2.10. The molecule has 3 heterocycles. The average molecular weight is 229 g/mol. The third-order valence-corrected chi connectivity index (χ3v) is 2.51. The van der Waals surface area contributed by atoms with Crippen LogP contribution >= 0.6 is 0 Å². The molecule has 0 aromatic carbocycles. The summed E-state index contributed by atoms with van der Waals surface area (Å²) >= 11 is 0. The predicted octanol–water partition coefficient (Wildman–Crippen LogP) is 2.31. The van der Waals surface area contributed by atoms with E-state index in [-0.39, 0.29) is 0 Å². The molecule has 3 aromatic rings. The second kappa shape index (κ2) is 3.62. The fourth-order valence-electron chi connectivity index (χ4n) is 1.65. The van der Waals surface area contributed by atoms with Gasteiger partial charge in [-0.25, -0.2) is 9.50 Å². The van der Waals surface area contributed by atoms with Crippen molar-refractivity contribution in [2.45, 2.75) is 6.92 Å². The first-order valence-corrected chi connectivity index (χ1v) is 5.23. The molecule has 5 nitrogen and oxygen atoms in total. The van der Waals surface area contributed by atoms with Crippen LogP contribution in [-0.2, 0) is 0 Å². The quantitative estimate of drug-likeness (QED) is 0.676. The van der Waals surface area contributed by atoms with E-state index < -0.39 is 0 Å². The number of hydrogen-bond donors (Lipinski definition) is 0. The fourth-order valence-corrected chi connectivity index (χ4v) is 1.65. The van der Waals surface area contributed by atoms with Gasteiger partial charge in [-0.3, -0.25) is 0 Å². The number of methoxy groups -OCH3 is 1. The summed E-state index contributed by atoms with van der Waals surface area (Å²) in [4.78, 5) is 4.38. The van der Waals surface area contributed by atoms with Gasteiger partial charge in [-0.1, -0.05) is 0 Å². The third kappa shape index (κ3) is 1.65. The zero-order chi connectivity index (χ0) is 11.8. The summed E-state index contributed by atoms with van der Waals surface area (Å²) < 4.78 is 12.3. The van der Waals surface area contributed by atoms with Gasteiger partial charge in [0.15, 0.2) is 11.4 Å². The van der Waals surface area contributed by atoms with Crippen LogP contribution in [0, 0.1) is 6.92 Å². The highest BCUT2D eigenvalue weighted by molar-refractivity contribution is 5.54. The van der Waals surface area contributed by atoms with Crippen molar-refractivity contribution in [2.24, 2.45) is 0 Å². The summed E-state index contributed by atoms with van der Waals surface area (Å²) in [5.41, 5.74) is 0.730. The van der Waals surface area contributed by atoms with Gasteiger partial charge in [0, 0.05) is 12.3 Å². The smallest absolute Gasteiger partial charge is 0.217 e. The van der Waals surface area contributed by atoms with Gasteiger partial charge < -0.3 is 9.15 Å². The number of aromatic nitrogens is 3. The summed E-state index contributed by atoms with van der Waals surface area (Å²) in [5, 5.41) is 4.33. The molecule has 0 bridgehead atoms. The largest absolute Gasteiger partial charge is 0.497 e. The topological polar surface area (TPSA) is 52.6 Å². The lowest BCUT2D eigenvalue weighted by molar-refractivity contribution is 0.414. The van der Waals surface area contributed by atoms with Gasteiger partial charge >= 0.3 is 0 Å². The molecule has 0 radical (unpaired) electrons. The molecule has 0 amide bonds. The molecule has 3 rings (SSSR count). The fraction of sp³-hybridized carbons (Fsp3) is 0.167. The van der Waals surface area contributed by atoms with E-state index in [0.717, 1.165) is 17.2 Å². The number of pyridine rings is 1. The first kappa shape index (κ1) is 9.89. The standard InChI is InChI=1S/C12H11N3O2/c1-8-3-4-10(17-8)12-13-11-7-9(16-2)5-6-15(11)14-12/h3-7H,1-2H3. The molecule has 0 unspecified atom stereocenters. The summed E-state index contributed by atoms with van der Waals surface area (Å²) in [7, 11) is 1.62. The van der Waals surface area contributed by atoms with Gasteiger partial charge in [0.2, 0.25) is 5.82 Å². The second-order valence-electron chi connectivity index (χ2n) is 3.72. The number of aryl methyl sites for hydroxylation is 1. The van der Waals surface area contributed by atoms with Crippen LogP contribution in [0.3, 0.4) is 0 Å². The Morgan fingerprint density at radius 3 is 2.88 bits per heavy atom. The van der Waals surface area contributed by atoms with Crippen molar-refractivity contribution < 1.29 is 9.15 Å². The summed E-state index contributed by atoms with van der Waals surface area (Å²) in [6.07, 6.45) is 1.81. The van der Waals surface area contributed by atoms with E-state index in [9.17, 15) is 0 Å². The molecule has 0 fully saturated rings. The van der Waals surface area contributed by atoms with Gasteiger partial charge in [0.05, 0.1) is 7.11 Å². The SMILES string of the molecule is COc1ccn2nc(-c3ccc(C)o3)nc2c1. The minimum Gasteiger partial charge on any atom is -0.497 e. The minimum absolute atomic E-state index is 0.575. The Hall–Kier alpha value is -2.30. The highest BCUT2D eigenvalue weighted by atomic mass is 16.5. The van der Waals surface area contributed by atoms with Crippen molar-refractivity contribution in [3.8, 4) is 17.3 Å². The molecular formula is C12H11N3O2. The van der Waals surface area contributed by atoms with Crippen LogP contribution in [0.1, 0.15) is 5.76 Å². The van der Waals surface area contributed by atoms with Crippen molar-refractivity contribution in [1.29, 1.82) is 0 Å². The minimum atomic E-state index is 0.575. The second-order valence-corrected chi connectivity index (χ2v) is 3.72. The Morgan fingerprint density at radius 1 is 1.29 bits per heavy atom. The van der Waals surface area contributed by atoms with Crippen molar-refractivity contribution in [3.05, 3.63) is 36.2 Å². The van der Waals surface area contributed by atoms with E-state index in [2.05, 4.69) is 10.1 Å². The first-order chi connectivity index (χ1) is 8.26. The van der Waals surface area contributed by atoms with E-state index in [0.29, 0.717) is 11.6 Å². The molecule has 0 aliphatic carbocycles. The van der Waals surface area contributed by atoms with Crippen molar-refractivity contribution in [2.75, 3.05) is 7.11 Å². The van der Waals surface area contributed by atoms with Crippen molar-refractivity contribution in [1.82, 2.24) is 14.6 Å². The zero-order valence-corrected chi connectivity index (χ0v) is 9.54. The van der Waals surface area contributed by atoms with E-state index >= 15 is 0 Å². The van der Waals surface area contributed by atoms with E-state index in [1.54, 1.807) is 17.8 Å². The summed E-state index contributed by atoms with van der Waals surface area (Å²) in [6, 6.07) is 7.41. The van der Waals surface area contributed by atoms with Crippen LogP contribution in [0.5, 0.6) is 5.75 Å². The Bertz CT molecular complexity index is 669. The van der Waals surface area contributed by atoms with Crippen LogP contribution in [0.15, 0.2) is 34.9 Å². The normalized spacial score (nSPS) is 10.9. The van der Waals surface area contributed by atoms with Crippen LogP contribution in [0.25, 0.3) is 17.2 Å². The number of rotatable bonds is 2. The molecule has 86 valence electrons. The first-order valence-electron chi connectivity index (χ1n) is 5.23. The molecule has 0 saturated carbocycles. The lowest BCUT2D eigenvalue weighted by Crippen LogP contribution is -1.88. The Morgan fingerprint density at radius 2 is 2.18 bits per heavy atom. The van der Waals surface area contributed by atoms with Gasteiger partial charge in [-0.05, 0) is 25.1 Å². The van der Waals surface area contributed by atoms with Crippen LogP contribution in [0.2, 0.25) is 0 Å². The molecule has 0 aliphatic heterocycles. The Kier molecular flexibility index (Phi) is 2.11. The van der Waals surface area contributed by atoms with E-state index in [4.69, 9.17) is 9.15 Å². The summed E-state index contributed by atoms with van der Waals surface area (Å²) in [5.74, 6) is 2.85. The maximum Gasteiger partial charge on any atom is 0.217 e. The van der Waals surface area contributed by atoms with Crippen LogP contribution < -0.4 is 4.74 Å². The number of hydrogen-bond acceptors (Lipinski definition) is 4. The Balaban J connectivity index is 2.13. The van der Waals surface area contributed by atoms with Gasteiger partial charge in [-0.15, -0.1) is 5.10 Å². The Labute approximate surface area is 97.7 Å². The maximum absolute atomic E-state index is 5.49. The average Bonchev–Trinajstić information content (AvgIpc) is 2.93. The molecular weight excluding hydrogens is 218 g/mol. The zero-order valence-electron chi connectivity index (χ0n) is 9.54. The molecule has 0 saturated heterocycles. The molecule has 5 heteroatoms. The molecule has 0 N–H and O–H groups in total. The third-order valence-electron chi connectivity index (χ3n) is 2.51. The number of furan rings is 1. The predicted molar refractivity (Wildman–Crippen MR) is 62.0 cm³/mol. The highest BCUT2D eigenvalue weighted by Crippen LogP contribution is 2.20. The lowest BCUT2D eigenvalue weighted by Gasteiger charge is -1.97. The number of fused-ring (bicyclic) bond motifs is 1. The van der Waals surface area contributed by atoms with E-state index in [1.165, 1.54) is 0 Å². The van der Waals surface area contributed by atoms with E-state index in [1.807, 2.05) is 31.2 Å². The number of nitrogens with zero attached hydrogens (tertiary/aromatic N) is 3.